The Bertz CT molecular complexity index is 540. The maximum absolute atomic E-state index is 12.2. The lowest BCUT2D eigenvalue weighted by atomic mass is 9.79. The van der Waals surface area contributed by atoms with E-state index in [2.05, 4.69) is 6.07 Å². The number of rotatable bonds is 2. The Morgan fingerprint density at radius 1 is 1.35 bits per heavy atom. The highest BCUT2D eigenvalue weighted by Gasteiger charge is 2.43. The predicted molar refractivity (Wildman–Crippen MR) is 74.0 cm³/mol. The first kappa shape index (κ1) is 13.2. The topological polar surface area (TPSA) is 46.6 Å². The predicted octanol–water partition coefficient (Wildman–Crippen LogP) is 2.09. The van der Waals surface area contributed by atoms with E-state index in [-0.39, 0.29) is 23.8 Å². The summed E-state index contributed by atoms with van der Waals surface area (Å²) in [6.07, 6.45) is 1.91. The van der Waals surface area contributed by atoms with Crippen molar-refractivity contribution in [2.24, 2.45) is 5.92 Å². The number of carbonyl (C=O) groups is 2. The lowest BCUT2D eigenvalue weighted by Crippen LogP contribution is -2.48. The van der Waals surface area contributed by atoms with Crippen LogP contribution in [0.5, 0.6) is 0 Å². The van der Waals surface area contributed by atoms with E-state index in [4.69, 9.17) is 4.74 Å². The highest BCUT2D eigenvalue weighted by molar-refractivity contribution is 5.83. The van der Waals surface area contributed by atoms with Gasteiger partial charge < -0.3 is 9.64 Å². The SMILES string of the molecule is CCOC(=O)C1CCC(=O)N2CCc3ccccc3C12. The van der Waals surface area contributed by atoms with Crippen molar-refractivity contribution in [3.63, 3.8) is 0 Å². The van der Waals surface area contributed by atoms with Gasteiger partial charge in [0.1, 0.15) is 0 Å². The van der Waals surface area contributed by atoms with Crippen LogP contribution in [0.2, 0.25) is 0 Å². The van der Waals surface area contributed by atoms with Crippen LogP contribution < -0.4 is 0 Å². The summed E-state index contributed by atoms with van der Waals surface area (Å²) in [5, 5.41) is 0. The van der Waals surface area contributed by atoms with E-state index in [1.165, 1.54) is 5.56 Å². The molecule has 1 fully saturated rings. The summed E-state index contributed by atoms with van der Waals surface area (Å²) in [6, 6.07) is 7.98. The lowest BCUT2D eigenvalue weighted by Gasteiger charge is -2.44. The number of fused-ring (bicyclic) bond motifs is 3. The number of amides is 1. The molecule has 0 radical (unpaired) electrons. The monoisotopic (exact) mass is 273 g/mol. The molecular weight excluding hydrogens is 254 g/mol. The van der Waals surface area contributed by atoms with E-state index in [0.717, 1.165) is 12.0 Å². The molecule has 1 aromatic rings. The Morgan fingerprint density at radius 2 is 2.15 bits per heavy atom. The van der Waals surface area contributed by atoms with Gasteiger partial charge in [-0.25, -0.2) is 0 Å². The molecule has 2 unspecified atom stereocenters. The number of nitrogens with zero attached hydrogens (tertiary/aromatic N) is 1. The summed E-state index contributed by atoms with van der Waals surface area (Å²) < 4.78 is 5.20. The summed E-state index contributed by atoms with van der Waals surface area (Å²) in [5.74, 6) is -0.245. The van der Waals surface area contributed by atoms with Gasteiger partial charge in [-0.2, -0.15) is 0 Å². The minimum atomic E-state index is -0.228. The van der Waals surface area contributed by atoms with Gasteiger partial charge in [0, 0.05) is 13.0 Å². The van der Waals surface area contributed by atoms with Gasteiger partial charge in [0.15, 0.2) is 0 Å². The Hall–Kier alpha value is -1.84. The van der Waals surface area contributed by atoms with Crippen molar-refractivity contribution in [2.75, 3.05) is 13.2 Å². The third-order valence-corrected chi connectivity index (χ3v) is 4.29. The van der Waals surface area contributed by atoms with Gasteiger partial charge >= 0.3 is 5.97 Å². The van der Waals surface area contributed by atoms with Gasteiger partial charge in [-0.1, -0.05) is 24.3 Å². The van der Waals surface area contributed by atoms with Crippen molar-refractivity contribution >= 4 is 11.9 Å². The first-order chi connectivity index (χ1) is 9.72. The average molecular weight is 273 g/mol. The zero-order chi connectivity index (χ0) is 14.1. The fraction of sp³-hybridized carbons (Fsp3) is 0.500. The first-order valence-electron chi connectivity index (χ1n) is 7.26. The van der Waals surface area contributed by atoms with E-state index >= 15 is 0 Å². The highest BCUT2D eigenvalue weighted by Crippen LogP contribution is 2.41. The zero-order valence-electron chi connectivity index (χ0n) is 11.7. The van der Waals surface area contributed by atoms with E-state index in [9.17, 15) is 9.59 Å². The van der Waals surface area contributed by atoms with Crippen LogP contribution in [0.15, 0.2) is 24.3 Å². The quantitative estimate of drug-likeness (QED) is 0.775. The maximum atomic E-state index is 12.2. The minimum Gasteiger partial charge on any atom is -0.466 e. The van der Waals surface area contributed by atoms with Crippen LogP contribution in [0.4, 0.5) is 0 Å². The summed E-state index contributed by atoms with van der Waals surface area (Å²) in [7, 11) is 0. The summed E-state index contributed by atoms with van der Waals surface area (Å²) >= 11 is 0. The van der Waals surface area contributed by atoms with Crippen LogP contribution in [0, 0.1) is 5.92 Å². The lowest BCUT2D eigenvalue weighted by molar-refractivity contribution is -0.157. The summed E-state index contributed by atoms with van der Waals surface area (Å²) in [6.45, 7) is 2.91. The molecular formula is C16H19NO3. The average Bonchev–Trinajstić information content (AvgIpc) is 2.47. The zero-order valence-corrected chi connectivity index (χ0v) is 11.7. The molecule has 0 spiro atoms. The Balaban J connectivity index is 1.99. The molecule has 2 aliphatic heterocycles. The number of esters is 1. The van der Waals surface area contributed by atoms with Crippen molar-refractivity contribution in [1.29, 1.82) is 0 Å². The molecule has 0 saturated carbocycles. The molecule has 1 saturated heterocycles. The van der Waals surface area contributed by atoms with Crippen LogP contribution in [0.1, 0.15) is 36.9 Å². The number of hydrogen-bond donors (Lipinski definition) is 0. The normalized spacial score (nSPS) is 24.9. The molecule has 3 rings (SSSR count). The molecule has 0 bridgehead atoms. The number of benzene rings is 1. The van der Waals surface area contributed by atoms with Crippen LogP contribution in [-0.2, 0) is 20.7 Å². The Labute approximate surface area is 118 Å². The van der Waals surface area contributed by atoms with Crippen molar-refractivity contribution in [3.8, 4) is 0 Å². The molecule has 106 valence electrons. The van der Waals surface area contributed by atoms with Gasteiger partial charge in [-0.15, -0.1) is 0 Å². The fourth-order valence-electron chi connectivity index (χ4n) is 3.39. The van der Waals surface area contributed by atoms with Crippen molar-refractivity contribution < 1.29 is 14.3 Å². The highest BCUT2D eigenvalue weighted by atomic mass is 16.5. The van der Waals surface area contributed by atoms with Gasteiger partial charge in [-0.3, -0.25) is 9.59 Å². The van der Waals surface area contributed by atoms with E-state index in [0.29, 0.717) is 26.0 Å². The number of ether oxygens (including phenoxy) is 1. The third kappa shape index (κ3) is 2.09. The molecule has 20 heavy (non-hydrogen) atoms. The van der Waals surface area contributed by atoms with Gasteiger partial charge in [0.05, 0.1) is 18.6 Å². The first-order valence-corrected chi connectivity index (χ1v) is 7.26. The second-order valence-electron chi connectivity index (χ2n) is 5.38. The maximum Gasteiger partial charge on any atom is 0.311 e. The van der Waals surface area contributed by atoms with Crippen LogP contribution >= 0.6 is 0 Å². The summed E-state index contributed by atoms with van der Waals surface area (Å²) in [4.78, 5) is 26.2. The molecule has 4 nitrogen and oxygen atoms in total. The number of piperidine rings is 1. The molecule has 0 aromatic heterocycles. The van der Waals surface area contributed by atoms with E-state index in [1.807, 2.05) is 30.0 Å². The van der Waals surface area contributed by atoms with Gasteiger partial charge in [0.25, 0.3) is 0 Å². The molecule has 1 aromatic carbocycles. The minimum absolute atomic E-state index is 0.139. The van der Waals surface area contributed by atoms with Crippen LogP contribution in [0.25, 0.3) is 0 Å². The van der Waals surface area contributed by atoms with Crippen molar-refractivity contribution in [1.82, 2.24) is 4.90 Å². The fourth-order valence-corrected chi connectivity index (χ4v) is 3.39. The van der Waals surface area contributed by atoms with Crippen LogP contribution in [0.3, 0.4) is 0 Å². The molecule has 2 atom stereocenters. The second kappa shape index (κ2) is 5.27. The smallest absolute Gasteiger partial charge is 0.311 e. The molecule has 4 heteroatoms. The molecule has 0 aliphatic carbocycles. The van der Waals surface area contributed by atoms with Gasteiger partial charge in [-0.05, 0) is 30.9 Å². The summed E-state index contributed by atoms with van der Waals surface area (Å²) in [5.41, 5.74) is 2.36. The Morgan fingerprint density at radius 3 is 2.95 bits per heavy atom. The van der Waals surface area contributed by atoms with Crippen molar-refractivity contribution in [2.45, 2.75) is 32.2 Å². The largest absolute Gasteiger partial charge is 0.466 e. The molecule has 1 amide bonds. The van der Waals surface area contributed by atoms with E-state index < -0.39 is 0 Å². The van der Waals surface area contributed by atoms with E-state index in [1.54, 1.807) is 0 Å². The molecule has 0 N–H and O–H groups in total. The second-order valence-corrected chi connectivity index (χ2v) is 5.38. The molecule has 2 aliphatic rings. The van der Waals surface area contributed by atoms with Crippen LogP contribution in [-0.4, -0.2) is 29.9 Å². The standard InChI is InChI=1S/C16H19NO3/c1-2-20-16(19)13-7-8-14(18)17-10-9-11-5-3-4-6-12(11)15(13)17/h3-6,13,15H,2,7-10H2,1H3. The Kier molecular flexibility index (Phi) is 3.47. The van der Waals surface area contributed by atoms with Gasteiger partial charge in [0.2, 0.25) is 5.91 Å². The number of hydrogen-bond acceptors (Lipinski definition) is 3. The third-order valence-electron chi connectivity index (χ3n) is 4.29. The van der Waals surface area contributed by atoms with Crippen molar-refractivity contribution in [3.05, 3.63) is 35.4 Å². The molecule has 2 heterocycles. The number of carbonyl (C=O) groups excluding carboxylic acids is 2.